The number of benzene rings is 1. The maximum atomic E-state index is 14.0. The number of hydrogen-bond acceptors (Lipinski definition) is 9. The molecule has 1 heterocycles. The molecule has 0 saturated carbocycles. The highest BCUT2D eigenvalue weighted by Gasteiger charge is 2.56. The number of hydrogen-bond donors (Lipinski definition) is 5. The lowest BCUT2D eigenvalue weighted by molar-refractivity contribution is -0.268. The summed E-state index contributed by atoms with van der Waals surface area (Å²) in [5, 5.41) is 32.1. The minimum atomic E-state index is -5.26. The molecule has 0 aliphatic carbocycles. The summed E-state index contributed by atoms with van der Waals surface area (Å²) in [6, 6.07) is 6.78. The van der Waals surface area contributed by atoms with Gasteiger partial charge in [0.2, 0.25) is 5.60 Å². The topological polar surface area (TPSA) is 179 Å². The van der Waals surface area contributed by atoms with Gasteiger partial charge in [0, 0.05) is 27.7 Å². The van der Waals surface area contributed by atoms with E-state index < -0.39 is 80.9 Å². The molecule has 42 heavy (non-hydrogen) atoms. The maximum absolute atomic E-state index is 14.0. The van der Waals surface area contributed by atoms with Gasteiger partial charge in [-0.15, -0.1) is 0 Å². The summed E-state index contributed by atoms with van der Waals surface area (Å²) in [7, 11) is -3.83. The van der Waals surface area contributed by atoms with E-state index in [1.165, 1.54) is 0 Å². The van der Waals surface area contributed by atoms with Gasteiger partial charge in [0.25, 0.3) is 0 Å². The van der Waals surface area contributed by atoms with E-state index in [-0.39, 0.29) is 5.75 Å². The summed E-state index contributed by atoms with van der Waals surface area (Å²) >= 11 is 0. The van der Waals surface area contributed by atoms with Crippen LogP contribution in [-0.4, -0.2) is 65.9 Å². The molecule has 0 aliphatic rings. The molecular formula is C27H36F3N3O8S. The first-order valence-corrected chi connectivity index (χ1v) is 14.6. The Morgan fingerprint density at radius 2 is 1.57 bits per heavy atom. The Morgan fingerprint density at radius 3 is 2.02 bits per heavy atom. The van der Waals surface area contributed by atoms with Gasteiger partial charge in [0.05, 0.1) is 17.5 Å². The standard InChI is InChI=1S/C27H36F3N3O8S/c1-24(2,3)41-23(36)33-20(22(34)35)12-14-42(31,39)15-13-26(38,27(28,29)30)21-11-10-19(16-32-21)40-18-8-6-17(7-9-18)25(4,5)37/h6-11,16,20,31,37-38H,12-15H2,1-5H3,(H,33,36)(H,34,35)/t20-,26?,42?/m0/s1. The normalized spacial score (nSPS) is 16.0. The Labute approximate surface area is 242 Å². The quantitative estimate of drug-likeness (QED) is 0.226. The number of alkyl halides is 3. The number of carbonyl (C=O) groups excluding carboxylic acids is 1. The van der Waals surface area contributed by atoms with Crippen LogP contribution in [0.3, 0.4) is 0 Å². The van der Waals surface area contributed by atoms with Crippen LogP contribution in [0, 0.1) is 4.78 Å². The largest absolute Gasteiger partial charge is 0.480 e. The van der Waals surface area contributed by atoms with Crippen molar-refractivity contribution in [2.24, 2.45) is 0 Å². The number of pyridine rings is 1. The van der Waals surface area contributed by atoms with Crippen LogP contribution in [0.4, 0.5) is 18.0 Å². The van der Waals surface area contributed by atoms with Gasteiger partial charge >= 0.3 is 18.2 Å². The zero-order valence-electron chi connectivity index (χ0n) is 23.8. The third kappa shape index (κ3) is 10.1. The van der Waals surface area contributed by atoms with E-state index in [1.807, 2.05) is 0 Å². The van der Waals surface area contributed by atoms with Crippen molar-refractivity contribution in [2.45, 2.75) is 76.5 Å². The Hall–Kier alpha value is -3.43. The molecule has 0 radical (unpaired) electrons. The Kier molecular flexibility index (Phi) is 10.6. The molecule has 0 spiro atoms. The number of carboxylic acid groups (broad SMARTS) is 1. The predicted octanol–water partition coefficient (Wildman–Crippen LogP) is 4.66. The van der Waals surface area contributed by atoms with Crippen molar-refractivity contribution in [2.75, 3.05) is 11.5 Å². The average molecular weight is 620 g/mol. The maximum Gasteiger partial charge on any atom is 0.423 e. The lowest BCUT2D eigenvalue weighted by Crippen LogP contribution is -2.45. The van der Waals surface area contributed by atoms with E-state index in [9.17, 15) is 42.3 Å². The molecule has 5 N–H and O–H groups in total. The van der Waals surface area contributed by atoms with Crippen LogP contribution in [0.2, 0.25) is 0 Å². The van der Waals surface area contributed by atoms with Gasteiger partial charge in [0.15, 0.2) is 0 Å². The fraction of sp³-hybridized carbons (Fsp3) is 0.519. The monoisotopic (exact) mass is 619 g/mol. The number of alkyl carbamates (subject to hydrolysis) is 1. The number of nitrogens with one attached hydrogen (secondary N) is 2. The lowest BCUT2D eigenvalue weighted by atomic mass is 9.95. The van der Waals surface area contributed by atoms with Crippen molar-refractivity contribution in [1.82, 2.24) is 10.3 Å². The van der Waals surface area contributed by atoms with Crippen LogP contribution >= 0.6 is 0 Å². The summed E-state index contributed by atoms with van der Waals surface area (Å²) in [5.74, 6) is -2.74. The van der Waals surface area contributed by atoms with Crippen LogP contribution in [0.15, 0.2) is 42.6 Å². The van der Waals surface area contributed by atoms with Gasteiger partial charge < -0.3 is 30.1 Å². The van der Waals surface area contributed by atoms with Crippen molar-refractivity contribution in [3.8, 4) is 11.5 Å². The van der Waals surface area contributed by atoms with Crippen LogP contribution < -0.4 is 10.1 Å². The minimum Gasteiger partial charge on any atom is -0.480 e. The number of carbonyl (C=O) groups is 2. The second kappa shape index (κ2) is 12.8. The number of aliphatic hydroxyl groups is 2. The molecule has 11 nitrogen and oxygen atoms in total. The van der Waals surface area contributed by atoms with Crippen LogP contribution in [0.25, 0.3) is 0 Å². The average Bonchev–Trinajstić information content (AvgIpc) is 2.83. The Balaban J connectivity index is 2.12. The second-order valence-electron chi connectivity index (χ2n) is 11.2. The summed E-state index contributed by atoms with van der Waals surface area (Å²) in [4.78, 5) is 27.1. The lowest BCUT2D eigenvalue weighted by Gasteiger charge is -2.30. The molecule has 2 unspecified atom stereocenters. The SMILES string of the molecule is CC(C)(C)OC(=O)N[C@@H](CCS(=N)(=O)CCC(O)(c1ccc(Oc2ccc(C(C)(C)O)cc2)cn1)C(F)(F)F)C(=O)O. The molecule has 0 fully saturated rings. The van der Waals surface area contributed by atoms with Crippen LogP contribution in [0.5, 0.6) is 11.5 Å². The van der Waals surface area contributed by atoms with Crippen molar-refractivity contribution in [3.05, 3.63) is 53.9 Å². The molecule has 0 bridgehead atoms. The number of nitrogens with zero attached hydrogens (tertiary/aromatic N) is 1. The zero-order chi connectivity index (χ0) is 32.1. The van der Waals surface area contributed by atoms with E-state index in [0.717, 1.165) is 18.3 Å². The number of aromatic nitrogens is 1. The summed E-state index contributed by atoms with van der Waals surface area (Å²) in [6.07, 6.45) is -7.08. The molecule has 0 aliphatic heterocycles. The van der Waals surface area contributed by atoms with Gasteiger partial charge in [-0.1, -0.05) is 12.1 Å². The van der Waals surface area contributed by atoms with Crippen LogP contribution in [0.1, 0.15) is 58.7 Å². The third-order valence-corrected chi connectivity index (χ3v) is 7.70. The molecule has 2 rings (SSSR count). The summed E-state index contributed by atoms with van der Waals surface area (Å²) < 4.78 is 73.4. The van der Waals surface area contributed by atoms with Gasteiger partial charge in [-0.25, -0.2) is 13.8 Å². The zero-order valence-corrected chi connectivity index (χ0v) is 24.6. The van der Waals surface area contributed by atoms with Gasteiger partial charge in [0.1, 0.15) is 23.1 Å². The highest BCUT2D eigenvalue weighted by molar-refractivity contribution is 7.92. The smallest absolute Gasteiger partial charge is 0.423 e. The number of amides is 1. The van der Waals surface area contributed by atoms with Crippen molar-refractivity contribution >= 4 is 21.8 Å². The first-order valence-electron chi connectivity index (χ1n) is 12.8. The van der Waals surface area contributed by atoms with E-state index in [2.05, 4.69) is 10.3 Å². The van der Waals surface area contributed by atoms with E-state index >= 15 is 0 Å². The van der Waals surface area contributed by atoms with Gasteiger partial charge in [-0.05, 0) is 70.9 Å². The fourth-order valence-electron chi connectivity index (χ4n) is 3.60. The third-order valence-electron chi connectivity index (χ3n) is 5.94. The first kappa shape index (κ1) is 34.8. The highest BCUT2D eigenvalue weighted by Crippen LogP contribution is 2.41. The summed E-state index contributed by atoms with van der Waals surface area (Å²) in [5.41, 5.74) is -5.78. The number of aliphatic carboxylic acids is 1. The number of rotatable bonds is 12. The molecule has 234 valence electrons. The first-order chi connectivity index (χ1) is 19.0. The molecule has 2 aromatic rings. The second-order valence-corrected chi connectivity index (χ2v) is 13.7. The molecule has 0 saturated heterocycles. The van der Waals surface area contributed by atoms with Crippen molar-refractivity contribution in [1.29, 1.82) is 4.78 Å². The van der Waals surface area contributed by atoms with Crippen molar-refractivity contribution in [3.63, 3.8) is 0 Å². The van der Waals surface area contributed by atoms with Gasteiger partial charge in [-0.2, -0.15) is 13.2 Å². The molecule has 1 amide bonds. The van der Waals surface area contributed by atoms with E-state index in [1.54, 1.807) is 58.9 Å². The summed E-state index contributed by atoms with van der Waals surface area (Å²) in [6.45, 7) is 7.85. The molecule has 1 aromatic carbocycles. The van der Waals surface area contributed by atoms with E-state index in [4.69, 9.17) is 14.3 Å². The predicted molar refractivity (Wildman–Crippen MR) is 147 cm³/mol. The molecule has 3 atom stereocenters. The number of carboxylic acids is 1. The van der Waals surface area contributed by atoms with E-state index in [0.29, 0.717) is 11.3 Å². The Morgan fingerprint density at radius 1 is 1.00 bits per heavy atom. The van der Waals surface area contributed by atoms with Gasteiger partial charge in [-0.3, -0.25) is 9.76 Å². The van der Waals surface area contributed by atoms with Crippen LogP contribution in [-0.2, 0) is 30.5 Å². The molecule has 1 aromatic heterocycles. The number of ether oxygens (including phenoxy) is 2. The Bertz CT molecular complexity index is 1340. The fourth-order valence-corrected chi connectivity index (χ4v) is 5.04. The highest BCUT2D eigenvalue weighted by atomic mass is 32.2. The minimum absolute atomic E-state index is 0.0563. The van der Waals surface area contributed by atoms with Crippen molar-refractivity contribution < 1.29 is 51.8 Å². The molecule has 15 heteroatoms. The molecular weight excluding hydrogens is 583 g/mol. The number of halogens is 3.